The van der Waals surface area contributed by atoms with Crippen molar-refractivity contribution < 1.29 is 4.39 Å². The molecule has 1 nitrogen and oxygen atoms in total. The van der Waals surface area contributed by atoms with Crippen molar-refractivity contribution in [2.45, 2.75) is 10.9 Å². The number of hydrogen-bond donors (Lipinski definition) is 1. The molecule has 0 spiro atoms. The molecule has 0 heterocycles. The zero-order chi connectivity index (χ0) is 13.1. The maximum absolute atomic E-state index is 13.2. The summed E-state index contributed by atoms with van der Waals surface area (Å²) < 4.78 is 13.7. The van der Waals surface area contributed by atoms with E-state index in [1.807, 2.05) is 30.5 Å². The van der Waals surface area contributed by atoms with E-state index in [9.17, 15) is 4.39 Å². The molecule has 0 aromatic heterocycles. The van der Waals surface area contributed by atoms with Gasteiger partial charge in [-0.15, -0.1) is 11.8 Å². The standard InChI is InChI=1S/C14H13BrFNS/c1-18-13-5-3-2-4-10(13)14(17)9-6-7-12(16)11(15)8-9/h2-8,14H,17H2,1H3. The second kappa shape index (κ2) is 5.87. The molecule has 0 saturated carbocycles. The molecule has 18 heavy (non-hydrogen) atoms. The fraction of sp³-hybridized carbons (Fsp3) is 0.143. The average Bonchev–Trinajstić information content (AvgIpc) is 2.41. The minimum absolute atomic E-state index is 0.245. The molecular weight excluding hydrogens is 313 g/mol. The lowest BCUT2D eigenvalue weighted by Gasteiger charge is -2.16. The lowest BCUT2D eigenvalue weighted by atomic mass is 10.00. The van der Waals surface area contributed by atoms with Crippen molar-refractivity contribution >= 4 is 27.7 Å². The Morgan fingerprint density at radius 3 is 2.61 bits per heavy atom. The quantitative estimate of drug-likeness (QED) is 0.848. The Morgan fingerprint density at radius 2 is 1.94 bits per heavy atom. The lowest BCUT2D eigenvalue weighted by Crippen LogP contribution is -2.13. The molecule has 2 N–H and O–H groups in total. The molecule has 1 unspecified atom stereocenters. The van der Waals surface area contributed by atoms with Gasteiger partial charge in [0.25, 0.3) is 0 Å². The average molecular weight is 326 g/mol. The van der Waals surface area contributed by atoms with Crippen molar-refractivity contribution in [3.63, 3.8) is 0 Å². The maximum Gasteiger partial charge on any atom is 0.137 e. The SMILES string of the molecule is CSc1ccccc1C(N)c1ccc(F)c(Br)c1. The molecular formula is C14H13BrFNS. The van der Waals surface area contributed by atoms with E-state index in [2.05, 4.69) is 15.9 Å². The normalized spacial score (nSPS) is 12.4. The van der Waals surface area contributed by atoms with Crippen LogP contribution >= 0.6 is 27.7 Å². The summed E-state index contributed by atoms with van der Waals surface area (Å²) in [6, 6.07) is 12.6. The summed E-state index contributed by atoms with van der Waals surface area (Å²) in [4.78, 5) is 1.14. The van der Waals surface area contributed by atoms with Crippen LogP contribution in [-0.2, 0) is 0 Å². The van der Waals surface area contributed by atoms with Gasteiger partial charge in [-0.3, -0.25) is 0 Å². The van der Waals surface area contributed by atoms with Gasteiger partial charge in [0.2, 0.25) is 0 Å². The minimum Gasteiger partial charge on any atom is -0.320 e. The van der Waals surface area contributed by atoms with Gasteiger partial charge < -0.3 is 5.73 Å². The van der Waals surface area contributed by atoms with E-state index in [0.717, 1.165) is 16.0 Å². The molecule has 0 fully saturated rings. The van der Waals surface area contributed by atoms with Crippen LogP contribution in [-0.4, -0.2) is 6.26 Å². The summed E-state index contributed by atoms with van der Waals surface area (Å²) in [6.07, 6.45) is 2.02. The van der Waals surface area contributed by atoms with Crippen molar-refractivity contribution in [3.05, 3.63) is 63.9 Å². The van der Waals surface area contributed by atoms with Gasteiger partial charge in [0, 0.05) is 4.90 Å². The molecule has 2 aromatic rings. The van der Waals surface area contributed by atoms with E-state index in [-0.39, 0.29) is 11.9 Å². The van der Waals surface area contributed by atoms with Gasteiger partial charge in [0.1, 0.15) is 5.82 Å². The first kappa shape index (κ1) is 13.6. The summed E-state index contributed by atoms with van der Waals surface area (Å²) in [7, 11) is 0. The Morgan fingerprint density at radius 1 is 1.22 bits per heavy atom. The summed E-state index contributed by atoms with van der Waals surface area (Å²) >= 11 is 4.85. The number of benzene rings is 2. The molecule has 4 heteroatoms. The van der Waals surface area contributed by atoms with Crippen molar-refractivity contribution in [1.29, 1.82) is 0 Å². The highest BCUT2D eigenvalue weighted by atomic mass is 79.9. The molecule has 2 rings (SSSR count). The molecule has 0 aliphatic carbocycles. The molecule has 1 atom stereocenters. The van der Waals surface area contributed by atoms with Crippen molar-refractivity contribution in [3.8, 4) is 0 Å². The number of thioether (sulfide) groups is 1. The highest BCUT2D eigenvalue weighted by molar-refractivity contribution is 9.10. The second-order valence-corrected chi connectivity index (χ2v) is 5.60. The Kier molecular flexibility index (Phi) is 4.43. The van der Waals surface area contributed by atoms with Gasteiger partial charge in [0.15, 0.2) is 0 Å². The second-order valence-electron chi connectivity index (χ2n) is 3.89. The largest absolute Gasteiger partial charge is 0.320 e. The van der Waals surface area contributed by atoms with Crippen LogP contribution in [0, 0.1) is 5.82 Å². The van der Waals surface area contributed by atoms with Crippen molar-refractivity contribution in [2.75, 3.05) is 6.26 Å². The van der Waals surface area contributed by atoms with Crippen LogP contribution in [0.2, 0.25) is 0 Å². The summed E-state index contributed by atoms with van der Waals surface area (Å²) in [5, 5.41) is 0. The first-order valence-corrected chi connectivity index (χ1v) is 7.48. The van der Waals surface area contributed by atoms with Crippen LogP contribution in [0.3, 0.4) is 0 Å². The predicted molar refractivity (Wildman–Crippen MR) is 78.4 cm³/mol. The van der Waals surface area contributed by atoms with E-state index in [0.29, 0.717) is 4.47 Å². The Bertz CT molecular complexity index is 559. The van der Waals surface area contributed by atoms with Crippen LogP contribution < -0.4 is 5.73 Å². The molecule has 0 saturated heterocycles. The van der Waals surface area contributed by atoms with Crippen LogP contribution in [0.25, 0.3) is 0 Å². The lowest BCUT2D eigenvalue weighted by molar-refractivity contribution is 0.619. The smallest absolute Gasteiger partial charge is 0.137 e. The maximum atomic E-state index is 13.2. The molecule has 0 aliphatic rings. The number of nitrogens with two attached hydrogens (primary N) is 1. The zero-order valence-electron chi connectivity index (χ0n) is 9.86. The van der Waals surface area contributed by atoms with Crippen LogP contribution in [0.15, 0.2) is 51.8 Å². The number of rotatable bonds is 3. The van der Waals surface area contributed by atoms with Gasteiger partial charge >= 0.3 is 0 Å². The highest BCUT2D eigenvalue weighted by Crippen LogP contribution is 2.30. The monoisotopic (exact) mass is 325 g/mol. The third-order valence-corrected chi connectivity index (χ3v) is 4.20. The van der Waals surface area contributed by atoms with Gasteiger partial charge in [-0.2, -0.15) is 0 Å². The van der Waals surface area contributed by atoms with E-state index in [1.54, 1.807) is 23.9 Å². The van der Waals surface area contributed by atoms with Gasteiger partial charge in [0.05, 0.1) is 10.5 Å². The number of hydrogen-bond acceptors (Lipinski definition) is 2. The van der Waals surface area contributed by atoms with Crippen molar-refractivity contribution in [1.82, 2.24) is 0 Å². The molecule has 0 amide bonds. The van der Waals surface area contributed by atoms with Crippen LogP contribution in [0.5, 0.6) is 0 Å². The fourth-order valence-corrected chi connectivity index (χ4v) is 2.85. The third kappa shape index (κ3) is 2.76. The number of halogens is 2. The molecule has 0 bridgehead atoms. The minimum atomic E-state index is -0.274. The first-order chi connectivity index (χ1) is 8.63. The summed E-state index contributed by atoms with van der Waals surface area (Å²) in [5.41, 5.74) is 8.21. The highest BCUT2D eigenvalue weighted by Gasteiger charge is 2.13. The third-order valence-electron chi connectivity index (χ3n) is 2.78. The van der Waals surface area contributed by atoms with Crippen LogP contribution in [0.1, 0.15) is 17.2 Å². The molecule has 94 valence electrons. The fourth-order valence-electron chi connectivity index (χ4n) is 1.81. The summed E-state index contributed by atoms with van der Waals surface area (Å²) in [5.74, 6) is -0.274. The van der Waals surface area contributed by atoms with E-state index in [4.69, 9.17) is 5.73 Å². The van der Waals surface area contributed by atoms with Gasteiger partial charge in [-0.1, -0.05) is 24.3 Å². The molecule has 0 aliphatic heterocycles. The van der Waals surface area contributed by atoms with Crippen molar-refractivity contribution in [2.24, 2.45) is 5.73 Å². The Balaban J connectivity index is 2.41. The predicted octanol–water partition coefficient (Wildman–Crippen LogP) is 4.36. The van der Waals surface area contributed by atoms with E-state index >= 15 is 0 Å². The van der Waals surface area contributed by atoms with Gasteiger partial charge in [-0.25, -0.2) is 4.39 Å². The van der Waals surface area contributed by atoms with E-state index in [1.165, 1.54) is 6.07 Å². The molecule has 2 aromatic carbocycles. The van der Waals surface area contributed by atoms with Gasteiger partial charge in [-0.05, 0) is 51.5 Å². The zero-order valence-corrected chi connectivity index (χ0v) is 12.3. The first-order valence-electron chi connectivity index (χ1n) is 5.47. The molecule has 0 radical (unpaired) electrons. The Hall–Kier alpha value is -0.840. The van der Waals surface area contributed by atoms with E-state index < -0.39 is 0 Å². The summed E-state index contributed by atoms with van der Waals surface area (Å²) in [6.45, 7) is 0. The Labute approximate surface area is 119 Å². The van der Waals surface area contributed by atoms with Crippen LogP contribution in [0.4, 0.5) is 4.39 Å². The topological polar surface area (TPSA) is 26.0 Å².